The quantitative estimate of drug-likeness (QED) is 0.821. The van der Waals surface area contributed by atoms with Gasteiger partial charge in [-0.1, -0.05) is 0 Å². The molecule has 0 bridgehead atoms. The Balaban J connectivity index is 1.79. The zero-order valence-electron chi connectivity index (χ0n) is 13.3. The van der Waals surface area contributed by atoms with Crippen LogP contribution in [0.25, 0.3) is 0 Å². The molecule has 2 N–H and O–H groups in total. The van der Waals surface area contributed by atoms with E-state index in [2.05, 4.69) is 15.6 Å². The molecule has 0 atom stereocenters. The molecule has 1 aromatic carbocycles. The van der Waals surface area contributed by atoms with E-state index in [0.29, 0.717) is 19.5 Å². The largest absolute Gasteiger partial charge is 0.497 e. The van der Waals surface area contributed by atoms with Crippen LogP contribution in [0.1, 0.15) is 11.1 Å². The van der Waals surface area contributed by atoms with E-state index < -0.39 is 0 Å². The summed E-state index contributed by atoms with van der Waals surface area (Å²) in [6, 6.07) is 9.14. The van der Waals surface area contributed by atoms with Gasteiger partial charge in [-0.2, -0.15) is 0 Å². The van der Waals surface area contributed by atoms with Crippen LogP contribution in [-0.4, -0.2) is 31.8 Å². The Labute approximate surface area is 135 Å². The van der Waals surface area contributed by atoms with Crippen LogP contribution in [0, 0.1) is 0 Å². The van der Waals surface area contributed by atoms with Crippen molar-refractivity contribution in [2.24, 2.45) is 0 Å². The molecule has 1 aromatic heterocycles. The van der Waals surface area contributed by atoms with E-state index in [0.717, 1.165) is 22.6 Å². The van der Waals surface area contributed by atoms with E-state index in [9.17, 15) is 4.79 Å². The average molecular weight is 315 g/mol. The molecule has 0 saturated heterocycles. The van der Waals surface area contributed by atoms with Gasteiger partial charge >= 0.3 is 6.03 Å². The van der Waals surface area contributed by atoms with Crippen LogP contribution >= 0.6 is 0 Å². The molecule has 0 radical (unpaired) electrons. The number of aromatic nitrogens is 1. The van der Waals surface area contributed by atoms with Crippen molar-refractivity contribution in [2.75, 3.05) is 20.8 Å². The van der Waals surface area contributed by atoms with Gasteiger partial charge in [0, 0.05) is 25.5 Å². The Morgan fingerprint density at radius 3 is 2.57 bits per heavy atom. The highest BCUT2D eigenvalue weighted by atomic mass is 16.5. The minimum atomic E-state index is -0.205. The number of carbonyl (C=O) groups is 1. The lowest BCUT2D eigenvalue weighted by atomic mass is 10.1. The highest BCUT2D eigenvalue weighted by Crippen LogP contribution is 2.24. The second kappa shape index (κ2) is 8.63. The predicted octanol–water partition coefficient (Wildman–Crippen LogP) is 2.14. The van der Waals surface area contributed by atoms with Gasteiger partial charge in [0.25, 0.3) is 0 Å². The Morgan fingerprint density at radius 1 is 1.09 bits per heavy atom. The molecule has 2 amide bonds. The van der Waals surface area contributed by atoms with Crippen molar-refractivity contribution < 1.29 is 14.3 Å². The third-order valence-corrected chi connectivity index (χ3v) is 3.37. The topological polar surface area (TPSA) is 72.5 Å². The van der Waals surface area contributed by atoms with Gasteiger partial charge in [0.2, 0.25) is 0 Å². The zero-order chi connectivity index (χ0) is 16.5. The van der Waals surface area contributed by atoms with Crippen molar-refractivity contribution in [3.63, 3.8) is 0 Å². The molecular formula is C17H21N3O3. The summed E-state index contributed by atoms with van der Waals surface area (Å²) in [5.74, 6) is 1.55. The summed E-state index contributed by atoms with van der Waals surface area (Å²) in [6.45, 7) is 0.975. The number of benzene rings is 1. The highest BCUT2D eigenvalue weighted by Gasteiger charge is 2.06. The standard InChI is InChI=1S/C17H21N3O3/c1-22-15-3-4-16(23-2)14(11-15)7-10-19-17(21)20-12-13-5-8-18-9-6-13/h3-6,8-9,11H,7,10,12H2,1-2H3,(H2,19,20,21). The first-order valence-corrected chi connectivity index (χ1v) is 7.34. The van der Waals surface area contributed by atoms with Gasteiger partial charge in [-0.3, -0.25) is 4.98 Å². The number of nitrogens with zero attached hydrogens (tertiary/aromatic N) is 1. The fourth-order valence-corrected chi connectivity index (χ4v) is 2.13. The summed E-state index contributed by atoms with van der Waals surface area (Å²) in [4.78, 5) is 15.7. The maximum absolute atomic E-state index is 11.8. The fourth-order valence-electron chi connectivity index (χ4n) is 2.13. The van der Waals surface area contributed by atoms with Crippen LogP contribution in [0.3, 0.4) is 0 Å². The van der Waals surface area contributed by atoms with Crippen LogP contribution in [0.4, 0.5) is 4.79 Å². The normalized spacial score (nSPS) is 10.0. The predicted molar refractivity (Wildman–Crippen MR) is 87.7 cm³/mol. The van der Waals surface area contributed by atoms with E-state index in [4.69, 9.17) is 9.47 Å². The van der Waals surface area contributed by atoms with Crippen molar-refractivity contribution in [3.05, 3.63) is 53.9 Å². The van der Waals surface area contributed by atoms with Crippen molar-refractivity contribution in [3.8, 4) is 11.5 Å². The second-order valence-electron chi connectivity index (χ2n) is 4.89. The number of rotatable bonds is 7. The maximum Gasteiger partial charge on any atom is 0.315 e. The van der Waals surface area contributed by atoms with Crippen LogP contribution in [0.15, 0.2) is 42.7 Å². The number of hydrogen-bond donors (Lipinski definition) is 2. The molecule has 2 aromatic rings. The van der Waals surface area contributed by atoms with Gasteiger partial charge in [-0.05, 0) is 47.9 Å². The van der Waals surface area contributed by atoms with Gasteiger partial charge in [0.05, 0.1) is 14.2 Å². The Bertz CT molecular complexity index is 632. The second-order valence-corrected chi connectivity index (χ2v) is 4.89. The SMILES string of the molecule is COc1ccc(OC)c(CCNC(=O)NCc2ccncc2)c1. The minimum absolute atomic E-state index is 0.205. The first-order valence-electron chi connectivity index (χ1n) is 7.34. The molecule has 0 spiro atoms. The third kappa shape index (κ3) is 5.18. The van der Waals surface area contributed by atoms with Crippen LogP contribution in [-0.2, 0) is 13.0 Å². The number of carbonyl (C=O) groups excluding carboxylic acids is 1. The van der Waals surface area contributed by atoms with Gasteiger partial charge in [-0.15, -0.1) is 0 Å². The summed E-state index contributed by atoms with van der Waals surface area (Å²) < 4.78 is 10.5. The Kier molecular flexibility index (Phi) is 6.23. The number of methoxy groups -OCH3 is 2. The van der Waals surface area contributed by atoms with Crippen LogP contribution in [0.5, 0.6) is 11.5 Å². The van der Waals surface area contributed by atoms with Crippen molar-refractivity contribution in [2.45, 2.75) is 13.0 Å². The summed E-state index contributed by atoms with van der Waals surface area (Å²) >= 11 is 0. The monoisotopic (exact) mass is 315 g/mol. The van der Waals surface area contributed by atoms with Crippen LogP contribution < -0.4 is 20.1 Å². The van der Waals surface area contributed by atoms with Crippen molar-refractivity contribution >= 4 is 6.03 Å². The molecule has 1 heterocycles. The van der Waals surface area contributed by atoms with Crippen molar-refractivity contribution in [1.82, 2.24) is 15.6 Å². The third-order valence-electron chi connectivity index (χ3n) is 3.37. The van der Waals surface area contributed by atoms with Gasteiger partial charge in [0.15, 0.2) is 0 Å². The molecule has 0 aliphatic heterocycles. The smallest absolute Gasteiger partial charge is 0.315 e. The van der Waals surface area contributed by atoms with Gasteiger partial charge < -0.3 is 20.1 Å². The molecule has 6 nitrogen and oxygen atoms in total. The molecular weight excluding hydrogens is 294 g/mol. The lowest BCUT2D eigenvalue weighted by Crippen LogP contribution is -2.36. The molecule has 0 fully saturated rings. The molecule has 0 aliphatic rings. The van der Waals surface area contributed by atoms with Gasteiger partial charge in [0.1, 0.15) is 11.5 Å². The molecule has 0 saturated carbocycles. The van der Waals surface area contributed by atoms with E-state index in [1.165, 1.54) is 0 Å². The first-order chi connectivity index (χ1) is 11.2. The lowest BCUT2D eigenvalue weighted by Gasteiger charge is -2.11. The summed E-state index contributed by atoms with van der Waals surface area (Å²) in [5.41, 5.74) is 1.99. The van der Waals surface area contributed by atoms with E-state index in [1.807, 2.05) is 30.3 Å². The number of hydrogen-bond acceptors (Lipinski definition) is 4. The molecule has 6 heteroatoms. The van der Waals surface area contributed by atoms with E-state index in [-0.39, 0.29) is 6.03 Å². The zero-order valence-corrected chi connectivity index (χ0v) is 13.3. The van der Waals surface area contributed by atoms with Crippen molar-refractivity contribution in [1.29, 1.82) is 0 Å². The Hall–Kier alpha value is -2.76. The number of amides is 2. The average Bonchev–Trinajstić information content (AvgIpc) is 2.60. The number of ether oxygens (including phenoxy) is 2. The van der Waals surface area contributed by atoms with Crippen LogP contribution in [0.2, 0.25) is 0 Å². The molecule has 122 valence electrons. The molecule has 0 aliphatic carbocycles. The minimum Gasteiger partial charge on any atom is -0.497 e. The molecule has 2 rings (SSSR count). The molecule has 0 unspecified atom stereocenters. The van der Waals surface area contributed by atoms with Gasteiger partial charge in [-0.25, -0.2) is 4.79 Å². The first kappa shape index (κ1) is 16.6. The Morgan fingerprint density at radius 2 is 1.87 bits per heavy atom. The summed E-state index contributed by atoms with van der Waals surface area (Å²) in [7, 11) is 3.25. The number of pyridine rings is 1. The molecule has 23 heavy (non-hydrogen) atoms. The summed E-state index contributed by atoms with van der Waals surface area (Å²) in [5, 5.41) is 5.63. The number of nitrogens with one attached hydrogen (secondary N) is 2. The fraction of sp³-hybridized carbons (Fsp3) is 0.294. The highest BCUT2D eigenvalue weighted by molar-refractivity contribution is 5.73. The maximum atomic E-state index is 11.8. The lowest BCUT2D eigenvalue weighted by molar-refractivity contribution is 0.240. The number of urea groups is 1. The van der Waals surface area contributed by atoms with E-state index >= 15 is 0 Å². The summed E-state index contributed by atoms with van der Waals surface area (Å²) in [6.07, 6.45) is 4.05. The van der Waals surface area contributed by atoms with E-state index in [1.54, 1.807) is 26.6 Å².